The SMILES string of the molecule is O=C1NC2CC(C(=O)N3CCN(c4ccccn4)CC3)CCC2O/C1=C\c1ccccc1Cl. The van der Waals surface area contributed by atoms with Crippen LogP contribution in [0.3, 0.4) is 0 Å². The molecular formula is C25H27ClN4O3. The van der Waals surface area contributed by atoms with Gasteiger partial charge in [0.25, 0.3) is 5.91 Å². The molecule has 1 aliphatic carbocycles. The van der Waals surface area contributed by atoms with Gasteiger partial charge in [-0.1, -0.05) is 35.9 Å². The van der Waals surface area contributed by atoms with Crippen molar-refractivity contribution in [3.63, 3.8) is 0 Å². The van der Waals surface area contributed by atoms with Crippen LogP contribution >= 0.6 is 11.6 Å². The van der Waals surface area contributed by atoms with Gasteiger partial charge in [-0.15, -0.1) is 0 Å². The number of anilines is 1. The smallest absolute Gasteiger partial charge is 0.286 e. The zero-order valence-corrected chi connectivity index (χ0v) is 19.1. The number of hydrogen-bond acceptors (Lipinski definition) is 5. The third-order valence-electron chi connectivity index (χ3n) is 6.71. The lowest BCUT2D eigenvalue weighted by Gasteiger charge is -2.42. The highest BCUT2D eigenvalue weighted by Gasteiger charge is 2.41. The molecule has 2 amide bonds. The lowest BCUT2D eigenvalue weighted by Crippen LogP contribution is -2.56. The summed E-state index contributed by atoms with van der Waals surface area (Å²) in [7, 11) is 0. The summed E-state index contributed by atoms with van der Waals surface area (Å²) in [5.74, 6) is 1.06. The second-order valence-electron chi connectivity index (χ2n) is 8.78. The molecule has 0 bridgehead atoms. The number of pyridine rings is 1. The van der Waals surface area contributed by atoms with Crippen LogP contribution in [-0.4, -0.2) is 60.0 Å². The highest BCUT2D eigenvalue weighted by molar-refractivity contribution is 6.32. The van der Waals surface area contributed by atoms with E-state index in [9.17, 15) is 9.59 Å². The van der Waals surface area contributed by atoms with E-state index in [0.29, 0.717) is 24.5 Å². The molecule has 2 aliphatic heterocycles. The maximum Gasteiger partial charge on any atom is 0.286 e. The second-order valence-corrected chi connectivity index (χ2v) is 9.18. The fourth-order valence-corrected chi connectivity index (χ4v) is 5.09. The predicted octanol–water partition coefficient (Wildman–Crippen LogP) is 3.11. The third-order valence-corrected chi connectivity index (χ3v) is 7.06. The monoisotopic (exact) mass is 466 g/mol. The summed E-state index contributed by atoms with van der Waals surface area (Å²) < 4.78 is 6.05. The molecule has 0 spiro atoms. The number of ether oxygens (including phenoxy) is 1. The molecule has 7 nitrogen and oxygen atoms in total. The van der Waals surface area contributed by atoms with Gasteiger partial charge in [0.05, 0.1) is 6.04 Å². The quantitative estimate of drug-likeness (QED) is 0.703. The lowest BCUT2D eigenvalue weighted by molar-refractivity contribution is -0.141. The molecule has 5 rings (SSSR count). The van der Waals surface area contributed by atoms with E-state index in [4.69, 9.17) is 16.3 Å². The van der Waals surface area contributed by atoms with Crippen LogP contribution in [0.4, 0.5) is 5.82 Å². The summed E-state index contributed by atoms with van der Waals surface area (Å²) in [6.07, 6.45) is 5.45. The minimum atomic E-state index is -0.256. The van der Waals surface area contributed by atoms with Crippen LogP contribution in [0.1, 0.15) is 24.8 Å². The molecule has 172 valence electrons. The Labute approximate surface area is 198 Å². The van der Waals surface area contributed by atoms with Crippen molar-refractivity contribution in [1.82, 2.24) is 15.2 Å². The molecule has 8 heteroatoms. The maximum absolute atomic E-state index is 13.2. The summed E-state index contributed by atoms with van der Waals surface area (Å²) in [6, 6.07) is 13.1. The molecule has 1 N–H and O–H groups in total. The van der Waals surface area contributed by atoms with Gasteiger partial charge in [0.2, 0.25) is 5.91 Å². The van der Waals surface area contributed by atoms with Gasteiger partial charge in [-0.25, -0.2) is 4.98 Å². The van der Waals surface area contributed by atoms with Crippen LogP contribution in [0.25, 0.3) is 6.08 Å². The molecule has 3 heterocycles. The lowest BCUT2D eigenvalue weighted by atomic mass is 9.82. The number of hydrogen-bond donors (Lipinski definition) is 1. The van der Waals surface area contributed by atoms with Gasteiger partial charge >= 0.3 is 0 Å². The van der Waals surface area contributed by atoms with Crippen molar-refractivity contribution in [3.05, 3.63) is 65.0 Å². The van der Waals surface area contributed by atoms with Crippen molar-refractivity contribution in [3.8, 4) is 0 Å². The molecule has 0 radical (unpaired) electrons. The molecule has 3 unspecified atom stereocenters. The Kier molecular flexibility index (Phi) is 6.22. The maximum atomic E-state index is 13.2. The molecule has 2 aromatic rings. The first-order chi connectivity index (χ1) is 16.1. The first kappa shape index (κ1) is 21.8. The zero-order chi connectivity index (χ0) is 22.8. The summed E-state index contributed by atoms with van der Waals surface area (Å²) in [4.78, 5) is 34.4. The predicted molar refractivity (Wildman–Crippen MR) is 127 cm³/mol. The van der Waals surface area contributed by atoms with E-state index in [2.05, 4.69) is 15.2 Å². The molecule has 1 aromatic heterocycles. The Hall–Kier alpha value is -3.06. The average molecular weight is 467 g/mol. The number of carbonyl (C=O) groups excluding carboxylic acids is 2. The molecular weight excluding hydrogens is 440 g/mol. The number of nitrogens with zero attached hydrogens (tertiary/aromatic N) is 3. The molecule has 3 fully saturated rings. The average Bonchev–Trinajstić information content (AvgIpc) is 2.86. The number of fused-ring (bicyclic) bond motifs is 1. The minimum Gasteiger partial charge on any atom is -0.483 e. The number of carbonyl (C=O) groups is 2. The van der Waals surface area contributed by atoms with Crippen molar-refractivity contribution >= 4 is 35.3 Å². The number of aromatic nitrogens is 1. The van der Waals surface area contributed by atoms with Crippen molar-refractivity contribution in [2.75, 3.05) is 31.1 Å². The Balaban J connectivity index is 1.18. The van der Waals surface area contributed by atoms with Crippen molar-refractivity contribution < 1.29 is 14.3 Å². The van der Waals surface area contributed by atoms with E-state index in [1.165, 1.54) is 0 Å². The molecule has 2 saturated heterocycles. The summed E-state index contributed by atoms with van der Waals surface area (Å²) in [6.45, 7) is 2.93. The normalized spacial score (nSPS) is 26.4. The summed E-state index contributed by atoms with van der Waals surface area (Å²) in [5.41, 5.74) is 0.747. The number of amides is 2. The van der Waals surface area contributed by atoms with Crippen LogP contribution in [-0.2, 0) is 14.3 Å². The first-order valence-corrected chi connectivity index (χ1v) is 11.8. The molecule has 33 heavy (non-hydrogen) atoms. The van der Waals surface area contributed by atoms with Crippen LogP contribution in [0.15, 0.2) is 54.4 Å². The topological polar surface area (TPSA) is 74.8 Å². The fraction of sp³-hybridized carbons (Fsp3) is 0.400. The van der Waals surface area contributed by atoms with Crippen LogP contribution in [0, 0.1) is 5.92 Å². The van der Waals surface area contributed by atoms with E-state index in [0.717, 1.165) is 37.3 Å². The van der Waals surface area contributed by atoms with Gasteiger partial charge in [-0.05, 0) is 49.1 Å². The van der Waals surface area contributed by atoms with Crippen LogP contribution < -0.4 is 10.2 Å². The summed E-state index contributed by atoms with van der Waals surface area (Å²) >= 11 is 6.22. The Morgan fingerprint density at radius 2 is 1.88 bits per heavy atom. The van der Waals surface area contributed by atoms with Crippen LogP contribution in [0.2, 0.25) is 5.02 Å². The standard InChI is InChI=1S/C25H27ClN4O3/c26-19-6-2-1-5-17(19)16-22-24(31)28-20-15-18(8-9-21(20)33-22)25(32)30-13-11-29(12-14-30)23-7-3-4-10-27-23/h1-7,10,16,18,20-21H,8-9,11-15H2,(H,28,31)/b22-16-. The number of nitrogens with one attached hydrogen (secondary N) is 1. The van der Waals surface area contributed by atoms with Gasteiger partial charge in [-0.2, -0.15) is 0 Å². The van der Waals surface area contributed by atoms with Crippen molar-refractivity contribution in [2.24, 2.45) is 5.92 Å². The highest BCUT2D eigenvalue weighted by Crippen LogP contribution is 2.33. The van der Waals surface area contributed by atoms with Gasteiger partial charge in [0.15, 0.2) is 5.76 Å². The van der Waals surface area contributed by atoms with Crippen molar-refractivity contribution in [1.29, 1.82) is 0 Å². The molecule has 1 saturated carbocycles. The highest BCUT2D eigenvalue weighted by atomic mass is 35.5. The number of morpholine rings is 1. The zero-order valence-electron chi connectivity index (χ0n) is 18.3. The number of benzene rings is 1. The summed E-state index contributed by atoms with van der Waals surface area (Å²) in [5, 5.41) is 3.63. The molecule has 3 aliphatic rings. The minimum absolute atomic E-state index is 0.0920. The second kappa shape index (κ2) is 9.43. The third kappa shape index (κ3) is 4.69. The Bertz CT molecular complexity index is 1050. The largest absolute Gasteiger partial charge is 0.483 e. The molecule has 1 aromatic carbocycles. The van der Waals surface area contributed by atoms with Crippen molar-refractivity contribution in [2.45, 2.75) is 31.4 Å². The molecule has 3 atom stereocenters. The van der Waals surface area contributed by atoms with E-state index < -0.39 is 0 Å². The van der Waals surface area contributed by atoms with Gasteiger partial charge in [-0.3, -0.25) is 9.59 Å². The first-order valence-electron chi connectivity index (χ1n) is 11.5. The van der Waals surface area contributed by atoms with Gasteiger partial charge in [0.1, 0.15) is 11.9 Å². The fourth-order valence-electron chi connectivity index (χ4n) is 4.90. The van der Waals surface area contributed by atoms with Gasteiger partial charge < -0.3 is 19.9 Å². The van der Waals surface area contributed by atoms with E-state index in [1.807, 2.05) is 41.3 Å². The Morgan fingerprint density at radius 1 is 1.09 bits per heavy atom. The van der Waals surface area contributed by atoms with Crippen LogP contribution in [0.5, 0.6) is 0 Å². The Morgan fingerprint density at radius 3 is 2.64 bits per heavy atom. The van der Waals surface area contributed by atoms with E-state index in [-0.39, 0.29) is 35.6 Å². The number of rotatable bonds is 3. The van der Waals surface area contributed by atoms with E-state index in [1.54, 1.807) is 18.3 Å². The number of piperazine rings is 1. The van der Waals surface area contributed by atoms with Gasteiger partial charge in [0, 0.05) is 43.3 Å². The van der Waals surface area contributed by atoms with E-state index >= 15 is 0 Å². The number of halogens is 1.